The topological polar surface area (TPSA) is 22.0 Å². The highest BCUT2D eigenvalue weighted by Crippen LogP contribution is 2.06. The molecule has 0 spiro atoms. The van der Waals surface area contributed by atoms with E-state index in [9.17, 15) is 17.3 Å². The maximum Gasteiger partial charge on any atom is 0.673 e. The lowest BCUT2D eigenvalue weighted by Crippen LogP contribution is -2.02. The fourth-order valence-electron chi connectivity index (χ4n) is 0.428. The van der Waals surface area contributed by atoms with E-state index in [0.717, 1.165) is 26.4 Å². The molecule has 0 atom stereocenters. The largest absolute Gasteiger partial charge is 0.673 e. The third-order valence-corrected chi connectivity index (χ3v) is 0.855. The lowest BCUT2D eigenvalue weighted by Gasteiger charge is -1.94. The molecule has 2 nitrogen and oxygen atoms in total. The van der Waals surface area contributed by atoms with E-state index in [4.69, 9.17) is 4.74 Å². The maximum atomic E-state index is 9.75. The summed E-state index contributed by atoms with van der Waals surface area (Å²) < 4.78 is 47.8. The van der Waals surface area contributed by atoms with Crippen molar-refractivity contribution in [1.82, 2.24) is 0 Å². The molecule has 0 bridgehead atoms. The van der Waals surface area contributed by atoms with Gasteiger partial charge >= 0.3 is 7.25 Å². The fraction of sp³-hybridized carbons (Fsp3) is 1.00. The molecule has 0 saturated carbocycles. The Kier molecular flexibility index (Phi) is 21.7. The first-order valence-corrected chi connectivity index (χ1v) is 4.91. The van der Waals surface area contributed by atoms with Crippen LogP contribution < -0.4 is 0 Å². The first kappa shape index (κ1) is 20.2. The van der Waals surface area contributed by atoms with Gasteiger partial charge in [-0.25, -0.2) is 0 Å². The van der Waals surface area contributed by atoms with Gasteiger partial charge in [0.05, 0.1) is 0 Å². The molecule has 7 heteroatoms. The first-order chi connectivity index (χ1) is 6.83. The van der Waals surface area contributed by atoms with Crippen LogP contribution in [0.3, 0.4) is 0 Å². The molecule has 0 fully saturated rings. The van der Waals surface area contributed by atoms with E-state index in [2.05, 4.69) is 4.74 Å². The number of halogens is 4. The second-order valence-corrected chi connectivity index (χ2v) is 2.13. The molecule has 0 aromatic heterocycles. The molecule has 0 unspecified atom stereocenters. The molecule has 0 aliphatic carbocycles. The van der Waals surface area contributed by atoms with E-state index in [1.807, 2.05) is 27.7 Å². The number of hydrogen-bond donors (Lipinski definition) is 0. The monoisotopic (exact) mass is 236 g/mol. The Morgan fingerprint density at radius 2 is 1.13 bits per heavy atom. The normalized spacial score (nSPS) is 9.60. The van der Waals surface area contributed by atoms with E-state index in [0.29, 0.717) is 0 Å². The number of rotatable bonds is 4. The molecule has 0 aromatic carbocycles. The Morgan fingerprint density at radius 3 is 1.13 bits per heavy atom. The Labute approximate surface area is 89.0 Å². The number of ether oxygens (including phenoxy) is 2. The van der Waals surface area contributed by atoms with E-state index >= 15 is 0 Å². The van der Waals surface area contributed by atoms with Gasteiger partial charge in [-0.2, -0.15) is 0 Å². The Morgan fingerprint density at radius 1 is 0.867 bits per heavy atom. The minimum Gasteiger partial charge on any atom is -0.434 e. The van der Waals surface area contributed by atoms with Crippen LogP contribution in [0.4, 0.5) is 17.3 Å². The van der Waals surface area contributed by atoms with Crippen molar-refractivity contribution in [2.45, 2.75) is 27.7 Å². The maximum absolute atomic E-state index is 9.75. The molecular weight excluding hydrogens is 215 g/mol. The predicted octanol–water partition coefficient (Wildman–Crippen LogP) is 2.90. The van der Waals surface area contributed by atoms with Crippen molar-refractivity contribution in [1.29, 1.82) is 0 Å². The fourth-order valence-corrected chi connectivity index (χ4v) is 0.428. The molecule has 1 N–H and O–H groups in total. The van der Waals surface area contributed by atoms with Gasteiger partial charge in [0.1, 0.15) is 13.2 Å². The lowest BCUT2D eigenvalue weighted by molar-refractivity contribution is -0.0178. The summed E-state index contributed by atoms with van der Waals surface area (Å²) in [5.74, 6) is 0. The van der Waals surface area contributed by atoms with Crippen molar-refractivity contribution in [3.05, 3.63) is 0 Å². The smallest absolute Gasteiger partial charge is 0.434 e. The molecule has 0 heterocycles. The molecule has 0 aliphatic rings. The van der Waals surface area contributed by atoms with Gasteiger partial charge in [-0.15, -0.1) is 0 Å². The molecule has 0 rings (SSSR count). The average molecular weight is 236 g/mol. The minimum absolute atomic E-state index is 0.844. The molecule has 0 aromatic rings. The van der Waals surface area contributed by atoms with E-state index in [-0.39, 0.29) is 0 Å². The summed E-state index contributed by atoms with van der Waals surface area (Å²) in [6.07, 6.45) is 0. The van der Waals surface area contributed by atoms with Crippen molar-refractivity contribution in [3.63, 3.8) is 0 Å². The third-order valence-electron chi connectivity index (χ3n) is 0.855. The third kappa shape index (κ3) is 137. The summed E-state index contributed by atoms with van der Waals surface area (Å²) in [5.41, 5.74) is 0. The predicted molar refractivity (Wildman–Crippen MR) is 55.7 cm³/mol. The average Bonchev–Trinajstić information content (AvgIpc) is 2.05. The quantitative estimate of drug-likeness (QED) is 0.418. The van der Waals surface area contributed by atoms with Crippen LogP contribution in [-0.4, -0.2) is 38.4 Å². The second kappa shape index (κ2) is 16.1. The van der Waals surface area contributed by atoms with Crippen molar-refractivity contribution in [2.75, 3.05) is 26.4 Å². The zero-order valence-electron chi connectivity index (χ0n) is 9.77. The van der Waals surface area contributed by atoms with E-state index in [1.165, 1.54) is 0 Å². The highest BCUT2D eigenvalue weighted by molar-refractivity contribution is 6.50. The van der Waals surface area contributed by atoms with Crippen LogP contribution in [0, 0.1) is 0 Å². The zero-order chi connectivity index (χ0) is 12.7. The molecule has 0 aliphatic heterocycles. The van der Waals surface area contributed by atoms with Crippen LogP contribution in [0.15, 0.2) is 0 Å². The van der Waals surface area contributed by atoms with Gasteiger partial charge in [0.25, 0.3) is 0 Å². The summed E-state index contributed by atoms with van der Waals surface area (Å²) in [6.45, 7) is 11.7. The van der Waals surface area contributed by atoms with Gasteiger partial charge in [0, 0.05) is 27.1 Å². The van der Waals surface area contributed by atoms with Crippen LogP contribution >= 0.6 is 0 Å². The van der Waals surface area contributed by atoms with Gasteiger partial charge in [-0.1, -0.05) is 0 Å². The minimum atomic E-state index is -6.00. The molecule has 96 valence electrons. The molecule has 0 saturated heterocycles. The molecule has 15 heavy (non-hydrogen) atoms. The summed E-state index contributed by atoms with van der Waals surface area (Å²) in [5, 5.41) is 0. The van der Waals surface area contributed by atoms with Gasteiger partial charge in [-0.05, 0) is 13.8 Å². The van der Waals surface area contributed by atoms with Crippen molar-refractivity contribution < 1.29 is 26.7 Å². The summed E-state index contributed by atoms with van der Waals surface area (Å²) in [6, 6.07) is 0. The Hall–Kier alpha value is -0.295. The summed E-state index contributed by atoms with van der Waals surface area (Å²) in [7, 11) is -6.00. The van der Waals surface area contributed by atoms with Crippen LogP contribution in [0.1, 0.15) is 27.7 Å². The van der Waals surface area contributed by atoms with Gasteiger partial charge in [-0.3, -0.25) is 0 Å². The van der Waals surface area contributed by atoms with Crippen LogP contribution in [0.25, 0.3) is 0 Å². The highest BCUT2D eigenvalue weighted by Gasteiger charge is 2.20. The van der Waals surface area contributed by atoms with Crippen molar-refractivity contribution in [2.24, 2.45) is 0 Å². The van der Waals surface area contributed by atoms with E-state index in [1.54, 1.807) is 0 Å². The van der Waals surface area contributed by atoms with Crippen molar-refractivity contribution >= 4 is 7.25 Å². The Balaban J connectivity index is -0.000000144. The standard InChI is InChI=1S/2C4H10O.BF4/c2*1-3-5-4-2;2-1(3,4)5/h2*3-4H2,1-2H3;/q;;-1/p+1. The molecular formula is C8H21BF4O2. The van der Waals surface area contributed by atoms with Gasteiger partial charge < -0.3 is 26.7 Å². The van der Waals surface area contributed by atoms with Crippen LogP contribution in [-0.2, 0) is 4.74 Å². The summed E-state index contributed by atoms with van der Waals surface area (Å²) >= 11 is 0. The number of hydrogen-bond acceptors (Lipinski definition) is 1. The Bertz CT molecular complexity index is 85.1. The first-order valence-electron chi connectivity index (χ1n) is 4.91. The molecule has 0 radical (unpaired) electrons. The van der Waals surface area contributed by atoms with Crippen LogP contribution in [0.5, 0.6) is 0 Å². The molecule has 0 amide bonds. The number of aliphatic hydroxyl groups is 2. The van der Waals surface area contributed by atoms with Gasteiger partial charge in [0.15, 0.2) is 0 Å². The zero-order valence-corrected chi connectivity index (χ0v) is 9.77. The van der Waals surface area contributed by atoms with Crippen molar-refractivity contribution in [3.8, 4) is 0 Å². The summed E-state index contributed by atoms with van der Waals surface area (Å²) in [4.78, 5) is 0. The van der Waals surface area contributed by atoms with Gasteiger partial charge in [0.2, 0.25) is 0 Å². The van der Waals surface area contributed by atoms with E-state index < -0.39 is 7.25 Å². The highest BCUT2D eigenvalue weighted by atomic mass is 19.5. The lowest BCUT2D eigenvalue weighted by atomic mass is 10.3. The van der Waals surface area contributed by atoms with Crippen LogP contribution in [0.2, 0.25) is 0 Å². The second-order valence-electron chi connectivity index (χ2n) is 2.13. The SMILES string of the molecule is CCOCC.CC[OH+]CC.F[B-](F)(F)F.